The number of anilines is 1. The molecule has 100 valence electrons. The first-order valence-corrected chi connectivity index (χ1v) is 6.51. The largest absolute Gasteiger partial charge is 0.481 e. The lowest BCUT2D eigenvalue weighted by molar-refractivity contribution is 0.345. The van der Waals surface area contributed by atoms with Crippen LogP contribution in [0.4, 0.5) is 5.82 Å². The Labute approximate surface area is 108 Å². The third-order valence-electron chi connectivity index (χ3n) is 3.83. The van der Waals surface area contributed by atoms with Crippen molar-refractivity contribution in [2.75, 3.05) is 25.1 Å². The third kappa shape index (κ3) is 2.27. The molecule has 0 aliphatic carbocycles. The molecule has 1 fully saturated rings. The number of piperidine rings is 1. The monoisotopic (exact) mass is 250 g/mol. The maximum atomic E-state index is 5.93. The standard InChI is InChI=1S/C13H22N4O/c1-9-5-4-6-17(11(9)7-14)12-10(2)13(18-3)16-8-15-12/h8-9,11H,4-7,14H2,1-3H3. The molecule has 1 aromatic rings. The van der Waals surface area contributed by atoms with E-state index >= 15 is 0 Å². The molecule has 2 N–H and O–H groups in total. The van der Waals surface area contributed by atoms with Crippen molar-refractivity contribution in [1.29, 1.82) is 0 Å². The minimum absolute atomic E-state index is 0.358. The van der Waals surface area contributed by atoms with Crippen molar-refractivity contribution < 1.29 is 4.74 Å². The molecule has 1 aliphatic rings. The summed E-state index contributed by atoms with van der Waals surface area (Å²) in [7, 11) is 1.64. The number of rotatable bonds is 3. The molecule has 0 amide bonds. The van der Waals surface area contributed by atoms with Crippen molar-refractivity contribution in [3.05, 3.63) is 11.9 Å². The Balaban J connectivity index is 2.34. The van der Waals surface area contributed by atoms with E-state index in [0.29, 0.717) is 24.4 Å². The van der Waals surface area contributed by atoms with Crippen molar-refractivity contribution in [2.45, 2.75) is 32.7 Å². The molecule has 0 radical (unpaired) electrons. The van der Waals surface area contributed by atoms with Crippen LogP contribution in [-0.4, -0.2) is 36.2 Å². The predicted octanol–water partition coefficient (Wildman–Crippen LogP) is 1.36. The minimum Gasteiger partial charge on any atom is -0.481 e. The van der Waals surface area contributed by atoms with Crippen LogP contribution in [0.15, 0.2) is 6.33 Å². The van der Waals surface area contributed by atoms with Crippen molar-refractivity contribution in [1.82, 2.24) is 9.97 Å². The average molecular weight is 250 g/mol. The van der Waals surface area contributed by atoms with E-state index in [1.165, 1.54) is 12.8 Å². The SMILES string of the molecule is COc1ncnc(N2CCCC(C)C2CN)c1C. The minimum atomic E-state index is 0.358. The highest BCUT2D eigenvalue weighted by Crippen LogP contribution is 2.31. The molecule has 2 heterocycles. The van der Waals surface area contributed by atoms with E-state index in [4.69, 9.17) is 10.5 Å². The Hall–Kier alpha value is -1.36. The number of nitrogens with zero attached hydrogens (tertiary/aromatic N) is 3. The molecule has 18 heavy (non-hydrogen) atoms. The van der Waals surface area contributed by atoms with Crippen LogP contribution in [0.2, 0.25) is 0 Å². The van der Waals surface area contributed by atoms with E-state index in [0.717, 1.165) is 17.9 Å². The zero-order chi connectivity index (χ0) is 13.1. The fourth-order valence-electron chi connectivity index (χ4n) is 2.79. The zero-order valence-corrected chi connectivity index (χ0v) is 11.4. The molecule has 1 saturated heterocycles. The number of aromatic nitrogens is 2. The van der Waals surface area contributed by atoms with Gasteiger partial charge in [-0.2, -0.15) is 0 Å². The second-order valence-electron chi connectivity index (χ2n) is 4.95. The smallest absolute Gasteiger partial charge is 0.221 e. The summed E-state index contributed by atoms with van der Waals surface area (Å²) < 4.78 is 5.26. The van der Waals surface area contributed by atoms with Gasteiger partial charge >= 0.3 is 0 Å². The van der Waals surface area contributed by atoms with E-state index in [9.17, 15) is 0 Å². The van der Waals surface area contributed by atoms with Crippen molar-refractivity contribution >= 4 is 5.82 Å². The second kappa shape index (κ2) is 5.52. The first-order chi connectivity index (χ1) is 8.69. The first kappa shape index (κ1) is 13.1. The van der Waals surface area contributed by atoms with Crippen LogP contribution in [0.3, 0.4) is 0 Å². The Kier molecular flexibility index (Phi) is 4.01. The average Bonchev–Trinajstić information content (AvgIpc) is 2.39. The second-order valence-corrected chi connectivity index (χ2v) is 4.95. The van der Waals surface area contributed by atoms with Gasteiger partial charge in [-0.25, -0.2) is 9.97 Å². The van der Waals surface area contributed by atoms with Gasteiger partial charge in [0, 0.05) is 19.1 Å². The van der Waals surface area contributed by atoms with Gasteiger partial charge in [0.15, 0.2) is 0 Å². The Morgan fingerprint density at radius 2 is 2.28 bits per heavy atom. The summed E-state index contributed by atoms with van der Waals surface area (Å²) in [6.07, 6.45) is 3.98. The summed E-state index contributed by atoms with van der Waals surface area (Å²) in [5.41, 5.74) is 6.92. The normalized spacial score (nSPS) is 24.1. The Bertz CT molecular complexity index is 410. The van der Waals surface area contributed by atoms with Crippen molar-refractivity contribution in [2.24, 2.45) is 11.7 Å². The molecule has 2 atom stereocenters. The summed E-state index contributed by atoms with van der Waals surface area (Å²) >= 11 is 0. The van der Waals surface area contributed by atoms with Crippen LogP contribution in [0, 0.1) is 12.8 Å². The molecule has 2 rings (SSSR count). The van der Waals surface area contributed by atoms with Gasteiger partial charge < -0.3 is 15.4 Å². The summed E-state index contributed by atoms with van der Waals surface area (Å²) in [5.74, 6) is 2.21. The van der Waals surface area contributed by atoms with E-state index in [-0.39, 0.29) is 0 Å². The van der Waals surface area contributed by atoms with Gasteiger partial charge in [0.25, 0.3) is 0 Å². The van der Waals surface area contributed by atoms with Crippen LogP contribution >= 0.6 is 0 Å². The number of methoxy groups -OCH3 is 1. The molecule has 5 nitrogen and oxygen atoms in total. The highest BCUT2D eigenvalue weighted by atomic mass is 16.5. The van der Waals surface area contributed by atoms with Crippen LogP contribution in [0.1, 0.15) is 25.3 Å². The molecule has 0 saturated carbocycles. The van der Waals surface area contributed by atoms with E-state index in [1.807, 2.05) is 6.92 Å². The van der Waals surface area contributed by atoms with Gasteiger partial charge in [-0.15, -0.1) is 0 Å². The maximum absolute atomic E-state index is 5.93. The molecule has 1 aromatic heterocycles. The zero-order valence-electron chi connectivity index (χ0n) is 11.4. The summed E-state index contributed by atoms with van der Waals surface area (Å²) in [6, 6.07) is 0.358. The van der Waals surface area contributed by atoms with Gasteiger partial charge in [-0.05, 0) is 25.7 Å². The van der Waals surface area contributed by atoms with Crippen molar-refractivity contribution in [3.8, 4) is 5.88 Å². The quantitative estimate of drug-likeness (QED) is 0.877. The Morgan fingerprint density at radius 1 is 1.50 bits per heavy atom. The molecule has 0 bridgehead atoms. The van der Waals surface area contributed by atoms with Gasteiger partial charge in [0.05, 0.1) is 12.7 Å². The lowest BCUT2D eigenvalue weighted by atomic mass is 9.90. The van der Waals surface area contributed by atoms with Gasteiger partial charge in [-0.1, -0.05) is 6.92 Å². The van der Waals surface area contributed by atoms with Gasteiger partial charge in [0.2, 0.25) is 5.88 Å². The summed E-state index contributed by atoms with van der Waals surface area (Å²) in [4.78, 5) is 10.9. The molecule has 1 aliphatic heterocycles. The topological polar surface area (TPSA) is 64.3 Å². The van der Waals surface area contributed by atoms with E-state index in [1.54, 1.807) is 13.4 Å². The highest BCUT2D eigenvalue weighted by molar-refractivity contribution is 5.51. The van der Waals surface area contributed by atoms with Gasteiger partial charge in [0.1, 0.15) is 12.1 Å². The molecule has 0 aromatic carbocycles. The first-order valence-electron chi connectivity index (χ1n) is 6.51. The van der Waals surface area contributed by atoms with Crippen molar-refractivity contribution in [3.63, 3.8) is 0 Å². The van der Waals surface area contributed by atoms with Gasteiger partial charge in [-0.3, -0.25) is 0 Å². The summed E-state index contributed by atoms with van der Waals surface area (Å²) in [5, 5.41) is 0. The van der Waals surface area contributed by atoms with E-state index < -0.39 is 0 Å². The molecule has 5 heteroatoms. The lowest BCUT2D eigenvalue weighted by Crippen LogP contribution is -2.49. The fraction of sp³-hybridized carbons (Fsp3) is 0.692. The number of ether oxygens (including phenoxy) is 1. The molecular weight excluding hydrogens is 228 g/mol. The summed E-state index contributed by atoms with van der Waals surface area (Å²) in [6.45, 7) is 5.93. The molecule has 2 unspecified atom stereocenters. The molecule has 0 spiro atoms. The predicted molar refractivity (Wildman–Crippen MR) is 71.9 cm³/mol. The lowest BCUT2D eigenvalue weighted by Gasteiger charge is -2.40. The number of hydrogen-bond acceptors (Lipinski definition) is 5. The fourth-order valence-corrected chi connectivity index (χ4v) is 2.79. The van der Waals surface area contributed by atoms with E-state index in [2.05, 4.69) is 21.8 Å². The number of nitrogens with two attached hydrogens (primary N) is 1. The maximum Gasteiger partial charge on any atom is 0.221 e. The third-order valence-corrected chi connectivity index (χ3v) is 3.83. The van der Waals surface area contributed by atoms with Crippen LogP contribution in [0.5, 0.6) is 5.88 Å². The van der Waals surface area contributed by atoms with Crippen LogP contribution < -0.4 is 15.4 Å². The van der Waals surface area contributed by atoms with Crippen LogP contribution in [-0.2, 0) is 0 Å². The Morgan fingerprint density at radius 3 is 2.94 bits per heavy atom. The van der Waals surface area contributed by atoms with Crippen LogP contribution in [0.25, 0.3) is 0 Å². The highest BCUT2D eigenvalue weighted by Gasteiger charge is 2.29. The number of hydrogen-bond donors (Lipinski definition) is 1. The molecular formula is C13H22N4O.